The van der Waals surface area contributed by atoms with E-state index < -0.39 is 17.5 Å². The third kappa shape index (κ3) is 3.37. The highest BCUT2D eigenvalue weighted by Gasteiger charge is 2.16. The highest BCUT2D eigenvalue weighted by Crippen LogP contribution is 2.26. The Morgan fingerprint density at radius 2 is 1.70 bits per heavy atom. The molecule has 0 fully saturated rings. The minimum Gasteiger partial charge on any atom is -0.319 e. The molecule has 1 N–H and O–H groups in total. The molecule has 1 amide bonds. The van der Waals surface area contributed by atoms with E-state index in [2.05, 4.69) is 15.3 Å². The van der Waals surface area contributed by atoms with Crippen molar-refractivity contribution in [2.45, 2.75) is 0 Å². The summed E-state index contributed by atoms with van der Waals surface area (Å²) in [5.74, 6) is -2.05. The number of benzene rings is 2. The quantitative estimate of drug-likeness (QED) is 0.569. The number of anilines is 1. The fraction of sp³-hybridized carbons (Fsp3) is 0. The highest BCUT2D eigenvalue weighted by molar-refractivity contribution is 6.13. The van der Waals surface area contributed by atoms with Crippen molar-refractivity contribution in [3.8, 4) is 11.3 Å². The number of rotatable bonds is 3. The maximum absolute atomic E-state index is 13.9. The van der Waals surface area contributed by atoms with Gasteiger partial charge < -0.3 is 5.32 Å². The predicted molar refractivity (Wildman–Crippen MR) is 99.3 cm³/mol. The van der Waals surface area contributed by atoms with Crippen LogP contribution in [0.5, 0.6) is 0 Å². The van der Waals surface area contributed by atoms with Gasteiger partial charge in [0.2, 0.25) is 0 Å². The smallest absolute Gasteiger partial charge is 0.256 e. The van der Waals surface area contributed by atoms with Crippen molar-refractivity contribution < 1.29 is 13.6 Å². The van der Waals surface area contributed by atoms with Gasteiger partial charge in [-0.15, -0.1) is 0 Å². The lowest BCUT2D eigenvalue weighted by Gasteiger charge is -2.11. The van der Waals surface area contributed by atoms with Gasteiger partial charge in [-0.05, 0) is 36.4 Å². The van der Waals surface area contributed by atoms with Crippen LogP contribution >= 0.6 is 0 Å². The molecular weight excluding hydrogens is 348 g/mol. The normalized spacial score (nSPS) is 10.7. The Kier molecular flexibility index (Phi) is 4.30. The Labute approximate surface area is 153 Å². The second-order valence-corrected chi connectivity index (χ2v) is 5.89. The summed E-state index contributed by atoms with van der Waals surface area (Å²) in [6.45, 7) is 0. The predicted octanol–water partition coefficient (Wildman–Crippen LogP) is 4.83. The number of nitrogens with zero attached hydrogens (tertiary/aromatic N) is 2. The number of para-hydroxylation sites is 1. The Balaban J connectivity index is 1.81. The van der Waals surface area contributed by atoms with Gasteiger partial charge >= 0.3 is 0 Å². The number of halogens is 2. The van der Waals surface area contributed by atoms with Crippen molar-refractivity contribution in [2.75, 3.05) is 5.32 Å². The number of carbonyl (C=O) groups is 1. The van der Waals surface area contributed by atoms with E-state index in [0.29, 0.717) is 22.2 Å². The van der Waals surface area contributed by atoms with E-state index in [-0.39, 0.29) is 5.69 Å². The third-order valence-electron chi connectivity index (χ3n) is 4.12. The minimum atomic E-state index is -0.837. The zero-order chi connectivity index (χ0) is 18.8. The maximum Gasteiger partial charge on any atom is 0.256 e. The SMILES string of the molecule is O=C(Nc1ccc(F)cc1F)c1cc(-c2ccncc2)nc2ccccc12. The van der Waals surface area contributed by atoms with Gasteiger partial charge in [-0.25, -0.2) is 13.8 Å². The number of aromatic nitrogens is 2. The summed E-state index contributed by atoms with van der Waals surface area (Å²) in [4.78, 5) is 21.4. The van der Waals surface area contributed by atoms with Crippen LogP contribution in [0.3, 0.4) is 0 Å². The van der Waals surface area contributed by atoms with E-state index in [0.717, 1.165) is 17.7 Å². The maximum atomic E-state index is 13.9. The van der Waals surface area contributed by atoms with Crippen LogP contribution in [0.15, 0.2) is 73.1 Å². The molecule has 0 spiro atoms. The van der Waals surface area contributed by atoms with Crippen molar-refractivity contribution in [1.82, 2.24) is 9.97 Å². The van der Waals surface area contributed by atoms with E-state index in [9.17, 15) is 13.6 Å². The second-order valence-electron chi connectivity index (χ2n) is 5.89. The van der Waals surface area contributed by atoms with Gasteiger partial charge in [-0.2, -0.15) is 0 Å². The molecule has 2 heterocycles. The third-order valence-corrected chi connectivity index (χ3v) is 4.12. The minimum absolute atomic E-state index is 0.0900. The first-order valence-corrected chi connectivity index (χ1v) is 8.18. The van der Waals surface area contributed by atoms with E-state index >= 15 is 0 Å². The van der Waals surface area contributed by atoms with Crippen LogP contribution < -0.4 is 5.32 Å². The number of fused-ring (bicyclic) bond motifs is 1. The lowest BCUT2D eigenvalue weighted by atomic mass is 10.0. The van der Waals surface area contributed by atoms with Gasteiger partial charge in [0.15, 0.2) is 0 Å². The lowest BCUT2D eigenvalue weighted by molar-refractivity contribution is 0.102. The van der Waals surface area contributed by atoms with E-state index in [1.807, 2.05) is 6.07 Å². The highest BCUT2D eigenvalue weighted by atomic mass is 19.1. The Morgan fingerprint density at radius 3 is 2.48 bits per heavy atom. The molecule has 0 radical (unpaired) electrons. The summed E-state index contributed by atoms with van der Waals surface area (Å²) in [6, 6.07) is 15.4. The molecule has 0 aliphatic rings. The lowest BCUT2D eigenvalue weighted by Crippen LogP contribution is -2.14. The van der Waals surface area contributed by atoms with Crippen LogP contribution in [-0.4, -0.2) is 15.9 Å². The standard InChI is InChI=1S/C21H13F2N3O/c22-14-5-6-19(17(23)11-14)26-21(27)16-12-20(13-7-9-24-10-8-13)25-18-4-2-1-3-15(16)18/h1-12H,(H,26,27). The zero-order valence-electron chi connectivity index (χ0n) is 14.0. The van der Waals surface area contributed by atoms with Gasteiger partial charge in [0.05, 0.1) is 22.5 Å². The van der Waals surface area contributed by atoms with Gasteiger partial charge in [-0.1, -0.05) is 18.2 Å². The van der Waals surface area contributed by atoms with Gasteiger partial charge in [0, 0.05) is 29.4 Å². The molecule has 2 aromatic heterocycles. The molecule has 0 aliphatic heterocycles. The average Bonchev–Trinajstić information content (AvgIpc) is 2.70. The fourth-order valence-electron chi connectivity index (χ4n) is 2.81. The summed E-state index contributed by atoms with van der Waals surface area (Å²) in [5.41, 5.74) is 2.29. The largest absolute Gasteiger partial charge is 0.319 e. The molecule has 132 valence electrons. The monoisotopic (exact) mass is 361 g/mol. The van der Waals surface area contributed by atoms with Crippen molar-refractivity contribution >= 4 is 22.5 Å². The Morgan fingerprint density at radius 1 is 0.926 bits per heavy atom. The van der Waals surface area contributed by atoms with Crippen LogP contribution in [0.4, 0.5) is 14.5 Å². The van der Waals surface area contributed by atoms with E-state index in [4.69, 9.17) is 0 Å². The average molecular weight is 361 g/mol. The van der Waals surface area contributed by atoms with Gasteiger partial charge in [0.25, 0.3) is 5.91 Å². The molecular formula is C21H13F2N3O. The molecule has 2 aromatic carbocycles. The molecule has 4 aromatic rings. The number of amides is 1. The van der Waals surface area contributed by atoms with Crippen molar-refractivity contribution in [3.05, 3.63) is 90.3 Å². The first-order chi connectivity index (χ1) is 13.1. The van der Waals surface area contributed by atoms with Gasteiger partial charge in [0.1, 0.15) is 11.6 Å². The molecule has 0 aliphatic carbocycles. The Bertz CT molecular complexity index is 1150. The van der Waals surface area contributed by atoms with Crippen molar-refractivity contribution in [1.29, 1.82) is 0 Å². The van der Waals surface area contributed by atoms with Gasteiger partial charge in [-0.3, -0.25) is 9.78 Å². The Hall–Kier alpha value is -3.67. The van der Waals surface area contributed by atoms with Crippen molar-refractivity contribution in [3.63, 3.8) is 0 Å². The van der Waals surface area contributed by atoms with E-state index in [1.54, 1.807) is 48.8 Å². The number of pyridine rings is 2. The number of hydrogen-bond donors (Lipinski definition) is 1. The first kappa shape index (κ1) is 16.8. The molecule has 0 atom stereocenters. The molecule has 0 unspecified atom stereocenters. The van der Waals surface area contributed by atoms with Crippen LogP contribution in [0.2, 0.25) is 0 Å². The molecule has 0 saturated carbocycles. The number of hydrogen-bond acceptors (Lipinski definition) is 3. The van der Waals surface area contributed by atoms with Crippen LogP contribution in [-0.2, 0) is 0 Å². The summed E-state index contributed by atoms with van der Waals surface area (Å²) < 4.78 is 27.0. The molecule has 6 heteroatoms. The topological polar surface area (TPSA) is 54.9 Å². The number of nitrogens with one attached hydrogen (secondary N) is 1. The first-order valence-electron chi connectivity index (χ1n) is 8.18. The summed E-state index contributed by atoms with van der Waals surface area (Å²) in [5, 5.41) is 3.14. The number of carbonyl (C=O) groups excluding carboxylic acids is 1. The summed E-state index contributed by atoms with van der Waals surface area (Å²) >= 11 is 0. The van der Waals surface area contributed by atoms with Crippen LogP contribution in [0, 0.1) is 11.6 Å². The van der Waals surface area contributed by atoms with Crippen LogP contribution in [0.25, 0.3) is 22.2 Å². The molecule has 0 saturated heterocycles. The summed E-state index contributed by atoms with van der Waals surface area (Å²) in [6.07, 6.45) is 3.28. The molecule has 0 bridgehead atoms. The summed E-state index contributed by atoms with van der Waals surface area (Å²) in [7, 11) is 0. The molecule has 27 heavy (non-hydrogen) atoms. The van der Waals surface area contributed by atoms with E-state index in [1.165, 1.54) is 6.07 Å². The fourth-order valence-corrected chi connectivity index (χ4v) is 2.81. The van der Waals surface area contributed by atoms with Crippen molar-refractivity contribution in [2.24, 2.45) is 0 Å². The van der Waals surface area contributed by atoms with Crippen LogP contribution in [0.1, 0.15) is 10.4 Å². The molecule has 4 rings (SSSR count). The molecule has 4 nitrogen and oxygen atoms in total. The zero-order valence-corrected chi connectivity index (χ0v) is 14.0. The second kappa shape index (κ2) is 6.92.